The normalized spacial score (nSPS) is 12.2. The third kappa shape index (κ3) is 2.79. The number of nitrogens with zero attached hydrogens (tertiary/aromatic N) is 1. The van der Waals surface area contributed by atoms with Crippen LogP contribution in [0.4, 0.5) is 5.82 Å². The highest BCUT2D eigenvalue weighted by Gasteiger charge is 2.05. The van der Waals surface area contributed by atoms with Gasteiger partial charge in [0.05, 0.1) is 6.61 Å². The summed E-state index contributed by atoms with van der Waals surface area (Å²) in [6, 6.07) is 3.16. The maximum absolute atomic E-state index is 10.6. The van der Waals surface area contributed by atoms with Crippen molar-refractivity contribution in [2.75, 3.05) is 11.9 Å². The summed E-state index contributed by atoms with van der Waals surface area (Å²) in [5, 5.41) is 20.4. The average molecular weight is 196 g/mol. The largest absolute Gasteiger partial charge is 0.393 e. The molecule has 1 aromatic heterocycles. The molecule has 0 spiro atoms. The third-order valence-corrected chi connectivity index (χ3v) is 1.65. The quantitative estimate of drug-likeness (QED) is 0.638. The molecule has 0 aliphatic carbocycles. The van der Waals surface area contributed by atoms with E-state index < -0.39 is 6.10 Å². The van der Waals surface area contributed by atoms with Gasteiger partial charge in [-0.1, -0.05) is 6.07 Å². The molecule has 0 fully saturated rings. The van der Waals surface area contributed by atoms with E-state index in [1.165, 1.54) is 13.1 Å². The van der Waals surface area contributed by atoms with Gasteiger partial charge in [0, 0.05) is 18.7 Å². The van der Waals surface area contributed by atoms with Crippen LogP contribution >= 0.6 is 0 Å². The molecule has 0 aromatic carbocycles. The number of aromatic nitrogens is 1. The van der Waals surface area contributed by atoms with Crippen LogP contribution in [-0.2, 0) is 4.79 Å². The molecule has 0 aliphatic heterocycles. The Morgan fingerprint density at radius 1 is 1.64 bits per heavy atom. The number of anilines is 1. The Bertz CT molecular complexity index is 310. The number of carbonyl (C=O) groups excluding carboxylic acids is 1. The van der Waals surface area contributed by atoms with Crippen molar-refractivity contribution < 1.29 is 15.0 Å². The number of carbonyl (C=O) groups is 1. The second-order valence-electron chi connectivity index (χ2n) is 2.86. The predicted molar refractivity (Wildman–Crippen MR) is 50.6 cm³/mol. The fraction of sp³-hybridized carbons (Fsp3) is 0.333. The van der Waals surface area contributed by atoms with Gasteiger partial charge in [-0.25, -0.2) is 4.98 Å². The van der Waals surface area contributed by atoms with Crippen molar-refractivity contribution in [3.8, 4) is 0 Å². The maximum atomic E-state index is 10.6. The Morgan fingerprint density at radius 3 is 2.79 bits per heavy atom. The molecule has 0 saturated carbocycles. The van der Waals surface area contributed by atoms with Gasteiger partial charge in [-0.15, -0.1) is 0 Å². The fourth-order valence-corrected chi connectivity index (χ4v) is 0.962. The molecule has 3 N–H and O–H groups in total. The second-order valence-corrected chi connectivity index (χ2v) is 2.86. The minimum atomic E-state index is -0.922. The van der Waals surface area contributed by atoms with Crippen LogP contribution in [0.2, 0.25) is 0 Å². The fourth-order valence-electron chi connectivity index (χ4n) is 0.962. The van der Waals surface area contributed by atoms with E-state index in [4.69, 9.17) is 5.11 Å². The Kier molecular flexibility index (Phi) is 3.55. The van der Waals surface area contributed by atoms with Gasteiger partial charge < -0.3 is 15.5 Å². The Balaban J connectivity index is 2.73. The number of pyridine rings is 1. The summed E-state index contributed by atoms with van der Waals surface area (Å²) < 4.78 is 0. The van der Waals surface area contributed by atoms with Crippen molar-refractivity contribution in [2.45, 2.75) is 13.0 Å². The summed E-state index contributed by atoms with van der Waals surface area (Å²) in [7, 11) is 0. The Labute approximate surface area is 81.4 Å². The van der Waals surface area contributed by atoms with Gasteiger partial charge in [-0.3, -0.25) is 4.79 Å². The molecule has 1 heterocycles. The van der Waals surface area contributed by atoms with Crippen LogP contribution in [0.25, 0.3) is 0 Å². The molecule has 1 aromatic rings. The Hall–Kier alpha value is -1.46. The predicted octanol–water partition coefficient (Wildman–Crippen LogP) is 0.0657. The molecular formula is C9H12N2O3. The summed E-state index contributed by atoms with van der Waals surface area (Å²) in [6.07, 6.45) is 0.487. The van der Waals surface area contributed by atoms with E-state index in [2.05, 4.69) is 10.3 Å². The number of rotatable bonds is 3. The SMILES string of the molecule is CC(=O)Nc1ccc([C@@H](O)CO)cn1. The van der Waals surface area contributed by atoms with Crippen LogP contribution in [-0.4, -0.2) is 27.7 Å². The van der Waals surface area contributed by atoms with Crippen LogP contribution in [0.15, 0.2) is 18.3 Å². The lowest BCUT2D eigenvalue weighted by Crippen LogP contribution is -2.08. The molecule has 0 radical (unpaired) electrons. The number of hydrogen-bond acceptors (Lipinski definition) is 4. The molecule has 1 amide bonds. The minimum absolute atomic E-state index is 0.201. The van der Waals surface area contributed by atoms with Crippen LogP contribution in [0.1, 0.15) is 18.6 Å². The molecule has 5 heteroatoms. The molecule has 1 atom stereocenters. The number of aliphatic hydroxyl groups is 2. The molecule has 1 rings (SSSR count). The first-order valence-corrected chi connectivity index (χ1v) is 4.16. The summed E-state index contributed by atoms with van der Waals surface area (Å²) >= 11 is 0. The van der Waals surface area contributed by atoms with Gasteiger partial charge in [-0.2, -0.15) is 0 Å². The summed E-state index contributed by atoms with van der Waals surface area (Å²) in [5.74, 6) is 0.222. The highest BCUT2D eigenvalue weighted by Crippen LogP contribution is 2.12. The average Bonchev–Trinajstić information content (AvgIpc) is 2.17. The van der Waals surface area contributed by atoms with Crippen LogP contribution in [0, 0.1) is 0 Å². The van der Waals surface area contributed by atoms with Crippen molar-refractivity contribution in [2.24, 2.45) is 0 Å². The van der Waals surface area contributed by atoms with Gasteiger partial charge in [0.25, 0.3) is 0 Å². The van der Waals surface area contributed by atoms with E-state index in [9.17, 15) is 9.90 Å². The maximum Gasteiger partial charge on any atom is 0.222 e. The number of aliphatic hydroxyl groups excluding tert-OH is 2. The zero-order valence-electron chi connectivity index (χ0n) is 7.77. The molecule has 5 nitrogen and oxygen atoms in total. The summed E-state index contributed by atoms with van der Waals surface area (Å²) in [4.78, 5) is 14.5. The summed E-state index contributed by atoms with van der Waals surface area (Å²) in [5.41, 5.74) is 0.515. The Morgan fingerprint density at radius 2 is 2.36 bits per heavy atom. The van der Waals surface area contributed by atoms with E-state index in [-0.39, 0.29) is 12.5 Å². The number of nitrogens with one attached hydrogen (secondary N) is 1. The van der Waals surface area contributed by atoms with Crippen molar-refractivity contribution in [1.82, 2.24) is 4.98 Å². The van der Waals surface area contributed by atoms with E-state index in [1.54, 1.807) is 12.1 Å². The minimum Gasteiger partial charge on any atom is -0.393 e. The first-order valence-electron chi connectivity index (χ1n) is 4.16. The van der Waals surface area contributed by atoms with E-state index in [0.717, 1.165) is 0 Å². The smallest absolute Gasteiger partial charge is 0.222 e. The first-order chi connectivity index (χ1) is 6.63. The highest BCUT2D eigenvalue weighted by molar-refractivity contribution is 5.87. The molecule has 0 bridgehead atoms. The van der Waals surface area contributed by atoms with Gasteiger partial charge in [0.15, 0.2) is 0 Å². The third-order valence-electron chi connectivity index (χ3n) is 1.65. The van der Waals surface area contributed by atoms with E-state index in [1.807, 2.05) is 0 Å². The van der Waals surface area contributed by atoms with Crippen LogP contribution in [0.3, 0.4) is 0 Å². The zero-order chi connectivity index (χ0) is 10.6. The number of hydrogen-bond donors (Lipinski definition) is 3. The van der Waals surface area contributed by atoms with Crippen LogP contribution < -0.4 is 5.32 Å². The lowest BCUT2D eigenvalue weighted by molar-refractivity contribution is -0.114. The first kappa shape index (κ1) is 10.6. The lowest BCUT2D eigenvalue weighted by Gasteiger charge is -2.07. The van der Waals surface area contributed by atoms with Crippen LogP contribution in [0.5, 0.6) is 0 Å². The van der Waals surface area contributed by atoms with Crippen molar-refractivity contribution in [1.29, 1.82) is 0 Å². The van der Waals surface area contributed by atoms with E-state index in [0.29, 0.717) is 11.4 Å². The van der Waals surface area contributed by atoms with Crippen molar-refractivity contribution >= 4 is 11.7 Å². The molecular weight excluding hydrogens is 184 g/mol. The van der Waals surface area contributed by atoms with Crippen molar-refractivity contribution in [3.63, 3.8) is 0 Å². The van der Waals surface area contributed by atoms with E-state index >= 15 is 0 Å². The van der Waals surface area contributed by atoms with Gasteiger partial charge in [-0.05, 0) is 6.07 Å². The molecule has 76 valence electrons. The second kappa shape index (κ2) is 4.69. The molecule has 0 saturated heterocycles. The van der Waals surface area contributed by atoms with Gasteiger partial charge in [0.2, 0.25) is 5.91 Å². The van der Waals surface area contributed by atoms with Crippen molar-refractivity contribution in [3.05, 3.63) is 23.9 Å². The molecule has 14 heavy (non-hydrogen) atoms. The molecule has 0 aliphatic rings. The lowest BCUT2D eigenvalue weighted by atomic mass is 10.2. The summed E-state index contributed by atoms with van der Waals surface area (Å²) in [6.45, 7) is 1.04. The molecule has 0 unspecified atom stereocenters. The zero-order valence-corrected chi connectivity index (χ0v) is 7.77. The number of amides is 1. The topological polar surface area (TPSA) is 82.5 Å². The monoisotopic (exact) mass is 196 g/mol. The standard InChI is InChI=1S/C9H12N2O3/c1-6(13)11-9-3-2-7(4-10-9)8(14)5-12/h2-4,8,12,14H,5H2,1H3,(H,10,11,13)/t8-/m0/s1. The highest BCUT2D eigenvalue weighted by atomic mass is 16.3. The van der Waals surface area contributed by atoms with Gasteiger partial charge in [0.1, 0.15) is 11.9 Å². The van der Waals surface area contributed by atoms with Gasteiger partial charge >= 0.3 is 0 Å².